The lowest BCUT2D eigenvalue weighted by Crippen LogP contribution is -2.40. The first kappa shape index (κ1) is 19.2. The molecule has 0 atom stereocenters. The quantitative estimate of drug-likeness (QED) is 0.461. The monoisotopic (exact) mass is 356 g/mol. The van der Waals surface area contributed by atoms with E-state index >= 15 is 0 Å². The number of hydrogen-bond donors (Lipinski definition) is 1. The minimum absolute atomic E-state index is 0.874. The molecular weight excluding hydrogens is 320 g/mol. The van der Waals surface area contributed by atoms with Crippen molar-refractivity contribution in [3.05, 3.63) is 35.9 Å². The number of guanidine groups is 1. The van der Waals surface area contributed by atoms with E-state index in [0.29, 0.717) is 0 Å². The molecule has 4 heteroatoms. The van der Waals surface area contributed by atoms with Gasteiger partial charge in [-0.25, -0.2) is 0 Å². The second-order valence-electron chi connectivity index (χ2n) is 7.85. The number of benzene rings is 1. The van der Waals surface area contributed by atoms with Gasteiger partial charge in [0.15, 0.2) is 5.96 Å². The molecule has 0 saturated carbocycles. The van der Waals surface area contributed by atoms with Gasteiger partial charge in [0.05, 0.1) is 0 Å². The highest BCUT2D eigenvalue weighted by atomic mass is 15.3. The van der Waals surface area contributed by atoms with Crippen LogP contribution in [-0.2, 0) is 6.42 Å². The normalized spacial score (nSPS) is 19.9. The first-order valence-corrected chi connectivity index (χ1v) is 10.6. The van der Waals surface area contributed by atoms with E-state index < -0.39 is 0 Å². The zero-order valence-corrected chi connectivity index (χ0v) is 16.5. The van der Waals surface area contributed by atoms with Crippen molar-refractivity contribution in [3.8, 4) is 0 Å². The largest absolute Gasteiger partial charge is 0.356 e. The van der Waals surface area contributed by atoms with E-state index in [1.54, 1.807) is 0 Å². The van der Waals surface area contributed by atoms with Crippen LogP contribution in [0, 0.1) is 5.92 Å². The maximum Gasteiger partial charge on any atom is 0.193 e. The lowest BCUT2D eigenvalue weighted by Gasteiger charge is -2.32. The molecule has 0 amide bonds. The fraction of sp³-hybridized carbons (Fsp3) is 0.682. The first-order chi connectivity index (χ1) is 12.8. The summed E-state index contributed by atoms with van der Waals surface area (Å²) in [5.74, 6) is 1.98. The molecule has 3 rings (SSSR count). The molecule has 1 N–H and O–H groups in total. The van der Waals surface area contributed by atoms with Gasteiger partial charge in [0.1, 0.15) is 0 Å². The molecule has 0 bridgehead atoms. The molecule has 1 aromatic rings. The number of unbranched alkanes of at least 4 members (excludes halogenated alkanes) is 1. The lowest BCUT2D eigenvalue weighted by atomic mass is 9.90. The second kappa shape index (κ2) is 10.6. The topological polar surface area (TPSA) is 30.9 Å². The Hall–Kier alpha value is -1.55. The highest BCUT2D eigenvalue weighted by molar-refractivity contribution is 5.80. The number of nitrogens with one attached hydrogen (secondary N) is 1. The number of rotatable bonds is 7. The summed E-state index contributed by atoms with van der Waals surface area (Å²) < 4.78 is 0. The third kappa shape index (κ3) is 6.01. The van der Waals surface area contributed by atoms with Gasteiger partial charge in [-0.3, -0.25) is 4.99 Å². The van der Waals surface area contributed by atoms with Gasteiger partial charge in [-0.15, -0.1) is 0 Å². The minimum atomic E-state index is 0.874. The summed E-state index contributed by atoms with van der Waals surface area (Å²) in [5.41, 5.74) is 1.50. The number of hydrogen-bond acceptors (Lipinski definition) is 2. The molecule has 2 aliphatic rings. The summed E-state index contributed by atoms with van der Waals surface area (Å²) in [7, 11) is 1.90. The third-order valence-electron chi connectivity index (χ3n) is 5.88. The lowest BCUT2D eigenvalue weighted by molar-refractivity contribution is 0.181. The van der Waals surface area contributed by atoms with Crippen LogP contribution in [0.25, 0.3) is 0 Å². The molecule has 4 nitrogen and oxygen atoms in total. The number of piperidine rings is 1. The standard InChI is InChI=1S/C22H36N4/c1-23-22(26-15-7-8-16-26)24-13-5-6-14-25-17-11-21(12-18-25)19-20-9-3-2-4-10-20/h2-4,9-10,21H,5-8,11-19H2,1H3,(H,23,24). The molecule has 1 aromatic carbocycles. The van der Waals surface area contributed by atoms with Crippen LogP contribution in [0.2, 0.25) is 0 Å². The van der Waals surface area contributed by atoms with Gasteiger partial charge in [0.25, 0.3) is 0 Å². The Morgan fingerprint density at radius 1 is 1.04 bits per heavy atom. The van der Waals surface area contributed by atoms with Crippen LogP contribution in [0.4, 0.5) is 0 Å². The SMILES string of the molecule is CN=C(NCCCCN1CCC(Cc2ccccc2)CC1)N1CCCC1. The Bertz CT molecular complexity index is 528. The van der Waals surface area contributed by atoms with Crippen molar-refractivity contribution >= 4 is 5.96 Å². The fourth-order valence-electron chi connectivity index (χ4n) is 4.28. The number of likely N-dealkylation sites (tertiary alicyclic amines) is 2. The minimum Gasteiger partial charge on any atom is -0.356 e. The molecule has 0 spiro atoms. The van der Waals surface area contributed by atoms with E-state index in [9.17, 15) is 0 Å². The van der Waals surface area contributed by atoms with Crippen LogP contribution < -0.4 is 5.32 Å². The van der Waals surface area contributed by atoms with Crippen molar-refractivity contribution < 1.29 is 0 Å². The highest BCUT2D eigenvalue weighted by Gasteiger charge is 2.19. The Morgan fingerprint density at radius 2 is 1.77 bits per heavy atom. The maximum absolute atomic E-state index is 4.42. The van der Waals surface area contributed by atoms with Crippen molar-refractivity contribution in [1.29, 1.82) is 0 Å². The maximum atomic E-state index is 4.42. The summed E-state index contributed by atoms with van der Waals surface area (Å²) in [5, 5.41) is 3.54. The summed E-state index contributed by atoms with van der Waals surface area (Å²) in [6, 6.07) is 11.0. The van der Waals surface area contributed by atoms with E-state index in [4.69, 9.17) is 0 Å². The number of aliphatic imine (C=N–C) groups is 1. The van der Waals surface area contributed by atoms with Crippen molar-refractivity contribution in [2.24, 2.45) is 10.9 Å². The van der Waals surface area contributed by atoms with Gasteiger partial charge in [-0.05, 0) is 76.1 Å². The Labute approximate surface area is 159 Å². The van der Waals surface area contributed by atoms with Crippen molar-refractivity contribution in [1.82, 2.24) is 15.1 Å². The molecule has 2 fully saturated rings. The van der Waals surface area contributed by atoms with Gasteiger partial charge in [-0.2, -0.15) is 0 Å². The van der Waals surface area contributed by atoms with E-state index in [1.807, 2.05) is 7.05 Å². The molecule has 0 aromatic heterocycles. The van der Waals surface area contributed by atoms with Gasteiger partial charge in [0, 0.05) is 26.7 Å². The van der Waals surface area contributed by atoms with Crippen molar-refractivity contribution in [2.45, 2.75) is 44.9 Å². The molecule has 26 heavy (non-hydrogen) atoms. The molecule has 0 unspecified atom stereocenters. The molecule has 2 aliphatic heterocycles. The fourth-order valence-corrected chi connectivity index (χ4v) is 4.28. The highest BCUT2D eigenvalue weighted by Crippen LogP contribution is 2.21. The van der Waals surface area contributed by atoms with Crippen LogP contribution in [0.15, 0.2) is 35.3 Å². The molecule has 2 saturated heterocycles. The van der Waals surface area contributed by atoms with Crippen LogP contribution in [0.3, 0.4) is 0 Å². The predicted octanol–water partition coefficient (Wildman–Crippen LogP) is 3.39. The predicted molar refractivity (Wildman–Crippen MR) is 111 cm³/mol. The number of nitrogens with zero attached hydrogens (tertiary/aromatic N) is 3. The molecule has 144 valence electrons. The summed E-state index contributed by atoms with van der Waals surface area (Å²) in [6.07, 6.45) is 9.10. The van der Waals surface area contributed by atoms with Gasteiger partial charge in [-0.1, -0.05) is 30.3 Å². The second-order valence-corrected chi connectivity index (χ2v) is 7.85. The van der Waals surface area contributed by atoms with Crippen molar-refractivity contribution in [3.63, 3.8) is 0 Å². The average molecular weight is 357 g/mol. The van der Waals surface area contributed by atoms with E-state index in [2.05, 4.69) is 50.4 Å². The average Bonchev–Trinajstić information content (AvgIpc) is 3.21. The first-order valence-electron chi connectivity index (χ1n) is 10.6. The van der Waals surface area contributed by atoms with Crippen LogP contribution >= 0.6 is 0 Å². The molecular formula is C22H36N4. The molecule has 0 aliphatic carbocycles. The van der Waals surface area contributed by atoms with Crippen LogP contribution in [0.1, 0.15) is 44.1 Å². The van der Waals surface area contributed by atoms with Gasteiger partial charge < -0.3 is 15.1 Å². The zero-order chi connectivity index (χ0) is 18.0. The Kier molecular flexibility index (Phi) is 7.81. The third-order valence-corrected chi connectivity index (χ3v) is 5.88. The van der Waals surface area contributed by atoms with E-state index in [1.165, 1.54) is 70.1 Å². The Balaban J connectivity index is 1.25. The zero-order valence-electron chi connectivity index (χ0n) is 16.5. The van der Waals surface area contributed by atoms with Gasteiger partial charge >= 0.3 is 0 Å². The van der Waals surface area contributed by atoms with Crippen LogP contribution in [-0.4, -0.2) is 62.1 Å². The summed E-state index contributed by atoms with van der Waals surface area (Å²) >= 11 is 0. The summed E-state index contributed by atoms with van der Waals surface area (Å²) in [6.45, 7) is 7.19. The van der Waals surface area contributed by atoms with Gasteiger partial charge in [0.2, 0.25) is 0 Å². The molecule has 2 heterocycles. The summed E-state index contributed by atoms with van der Waals surface area (Å²) in [4.78, 5) is 9.47. The van der Waals surface area contributed by atoms with E-state index in [-0.39, 0.29) is 0 Å². The Morgan fingerprint density at radius 3 is 2.46 bits per heavy atom. The molecule has 0 radical (unpaired) electrons. The van der Waals surface area contributed by atoms with E-state index in [0.717, 1.165) is 31.5 Å². The van der Waals surface area contributed by atoms with Crippen molar-refractivity contribution in [2.75, 3.05) is 46.3 Å². The van der Waals surface area contributed by atoms with Crippen LogP contribution in [0.5, 0.6) is 0 Å². The smallest absolute Gasteiger partial charge is 0.193 e.